The minimum absolute atomic E-state index is 0.0361. The van der Waals surface area contributed by atoms with Crippen molar-refractivity contribution in [3.8, 4) is 0 Å². The molecule has 21 heavy (non-hydrogen) atoms. The fourth-order valence-electron chi connectivity index (χ4n) is 3.01. The van der Waals surface area contributed by atoms with Crippen LogP contribution in [0.5, 0.6) is 0 Å². The van der Waals surface area contributed by atoms with Gasteiger partial charge in [-0.25, -0.2) is 0 Å². The van der Waals surface area contributed by atoms with Crippen LogP contribution in [0.15, 0.2) is 23.6 Å². The Morgan fingerprint density at radius 1 is 1.33 bits per heavy atom. The molecular weight excluding hydrogens is 278 g/mol. The first-order valence-corrected chi connectivity index (χ1v) is 8.40. The molecule has 0 spiro atoms. The zero-order valence-corrected chi connectivity index (χ0v) is 13.6. The van der Waals surface area contributed by atoms with E-state index in [4.69, 9.17) is 0 Å². The molecule has 1 N–H and O–H groups in total. The van der Waals surface area contributed by atoms with Gasteiger partial charge in [-0.15, -0.1) is 11.3 Å². The Hall–Kier alpha value is -1.61. The SMILES string of the molecule is Cc1ccc(NC(=O)c2csc3c2CCC(C)C3)c(C)c1. The second kappa shape index (κ2) is 5.64. The zero-order chi connectivity index (χ0) is 15.0. The molecule has 0 radical (unpaired) electrons. The molecule has 1 aromatic carbocycles. The first-order valence-electron chi connectivity index (χ1n) is 7.52. The summed E-state index contributed by atoms with van der Waals surface area (Å²) in [5, 5.41) is 5.10. The van der Waals surface area contributed by atoms with Crippen LogP contribution in [0.3, 0.4) is 0 Å². The molecule has 3 rings (SSSR count). The lowest BCUT2D eigenvalue weighted by Gasteiger charge is -2.19. The third-order valence-corrected chi connectivity index (χ3v) is 5.33. The summed E-state index contributed by atoms with van der Waals surface area (Å²) in [6.45, 7) is 6.39. The third-order valence-electron chi connectivity index (χ3n) is 4.28. The smallest absolute Gasteiger partial charge is 0.256 e. The van der Waals surface area contributed by atoms with E-state index in [-0.39, 0.29) is 5.91 Å². The number of nitrogens with one attached hydrogen (secondary N) is 1. The number of carbonyl (C=O) groups is 1. The molecule has 1 aliphatic carbocycles. The second-order valence-corrected chi connectivity index (χ2v) is 7.14. The van der Waals surface area contributed by atoms with Crippen molar-refractivity contribution in [2.75, 3.05) is 5.32 Å². The normalized spacial score (nSPS) is 17.4. The van der Waals surface area contributed by atoms with Crippen LogP contribution in [0.4, 0.5) is 5.69 Å². The van der Waals surface area contributed by atoms with Gasteiger partial charge in [-0.05, 0) is 56.2 Å². The molecule has 1 aliphatic rings. The minimum Gasteiger partial charge on any atom is -0.322 e. The highest BCUT2D eigenvalue weighted by Crippen LogP contribution is 2.33. The van der Waals surface area contributed by atoms with Gasteiger partial charge in [-0.2, -0.15) is 0 Å². The first-order chi connectivity index (χ1) is 10.0. The van der Waals surface area contributed by atoms with E-state index >= 15 is 0 Å². The van der Waals surface area contributed by atoms with Gasteiger partial charge in [-0.1, -0.05) is 24.6 Å². The van der Waals surface area contributed by atoms with Crippen LogP contribution >= 0.6 is 11.3 Å². The maximum absolute atomic E-state index is 12.6. The van der Waals surface area contributed by atoms with Crippen molar-refractivity contribution in [2.24, 2.45) is 5.92 Å². The fraction of sp³-hybridized carbons (Fsp3) is 0.389. The molecule has 1 unspecified atom stereocenters. The number of amides is 1. The van der Waals surface area contributed by atoms with Crippen LogP contribution in [0.2, 0.25) is 0 Å². The maximum atomic E-state index is 12.6. The van der Waals surface area contributed by atoms with Crippen LogP contribution < -0.4 is 5.32 Å². The van der Waals surface area contributed by atoms with E-state index in [0.29, 0.717) is 0 Å². The molecule has 0 bridgehead atoms. The average Bonchev–Trinajstić information content (AvgIpc) is 2.84. The summed E-state index contributed by atoms with van der Waals surface area (Å²) in [5.41, 5.74) is 5.39. The Morgan fingerprint density at radius 3 is 2.90 bits per heavy atom. The monoisotopic (exact) mass is 299 g/mol. The molecular formula is C18H21NOS. The van der Waals surface area contributed by atoms with Crippen molar-refractivity contribution in [3.63, 3.8) is 0 Å². The quantitative estimate of drug-likeness (QED) is 0.852. The average molecular weight is 299 g/mol. The Labute approximate surface area is 130 Å². The number of hydrogen-bond acceptors (Lipinski definition) is 2. The molecule has 1 aromatic heterocycles. The van der Waals surface area contributed by atoms with Crippen molar-refractivity contribution in [2.45, 2.75) is 40.0 Å². The van der Waals surface area contributed by atoms with Crippen LogP contribution in [0, 0.1) is 19.8 Å². The molecule has 3 heteroatoms. The Bertz CT molecular complexity index is 687. The lowest BCUT2D eigenvalue weighted by Crippen LogP contribution is -2.17. The molecule has 0 saturated heterocycles. The number of fused-ring (bicyclic) bond motifs is 1. The highest BCUT2D eigenvalue weighted by molar-refractivity contribution is 7.10. The van der Waals surface area contributed by atoms with Gasteiger partial charge < -0.3 is 5.32 Å². The minimum atomic E-state index is 0.0361. The number of carbonyl (C=O) groups excluding carboxylic acids is 1. The molecule has 1 atom stereocenters. The van der Waals surface area contributed by atoms with E-state index in [9.17, 15) is 4.79 Å². The predicted molar refractivity (Wildman–Crippen MR) is 89.4 cm³/mol. The number of hydrogen-bond donors (Lipinski definition) is 1. The third kappa shape index (κ3) is 2.88. The van der Waals surface area contributed by atoms with Gasteiger partial charge in [-0.3, -0.25) is 4.79 Å². The van der Waals surface area contributed by atoms with Crippen molar-refractivity contribution < 1.29 is 4.79 Å². The van der Waals surface area contributed by atoms with E-state index in [1.807, 2.05) is 24.4 Å². The highest BCUT2D eigenvalue weighted by atomic mass is 32.1. The number of rotatable bonds is 2. The molecule has 0 aliphatic heterocycles. The number of anilines is 1. The fourth-order valence-corrected chi connectivity index (χ4v) is 4.26. The molecule has 2 nitrogen and oxygen atoms in total. The van der Waals surface area contributed by atoms with Crippen molar-refractivity contribution in [3.05, 3.63) is 50.7 Å². The zero-order valence-electron chi connectivity index (χ0n) is 12.8. The highest BCUT2D eigenvalue weighted by Gasteiger charge is 2.23. The summed E-state index contributed by atoms with van der Waals surface area (Å²) < 4.78 is 0. The van der Waals surface area contributed by atoms with Gasteiger partial charge in [0.1, 0.15) is 0 Å². The Morgan fingerprint density at radius 2 is 2.14 bits per heavy atom. The number of aryl methyl sites for hydroxylation is 2. The molecule has 0 fully saturated rings. The van der Waals surface area contributed by atoms with Crippen molar-refractivity contribution in [1.29, 1.82) is 0 Å². The summed E-state index contributed by atoms with van der Waals surface area (Å²) in [7, 11) is 0. The molecule has 110 valence electrons. The maximum Gasteiger partial charge on any atom is 0.256 e. The molecule has 1 heterocycles. The summed E-state index contributed by atoms with van der Waals surface area (Å²) in [5.74, 6) is 0.778. The van der Waals surface area contributed by atoms with Crippen LogP contribution in [-0.4, -0.2) is 5.91 Å². The van der Waals surface area contributed by atoms with Gasteiger partial charge in [0.15, 0.2) is 0 Å². The first kappa shape index (κ1) is 14.3. The van der Waals surface area contributed by atoms with Crippen molar-refractivity contribution >= 4 is 22.9 Å². The van der Waals surface area contributed by atoms with E-state index < -0.39 is 0 Å². The largest absolute Gasteiger partial charge is 0.322 e. The van der Waals surface area contributed by atoms with Gasteiger partial charge in [0.25, 0.3) is 5.91 Å². The van der Waals surface area contributed by atoms with Crippen LogP contribution in [0.25, 0.3) is 0 Å². The lowest BCUT2D eigenvalue weighted by molar-refractivity contribution is 0.102. The lowest BCUT2D eigenvalue weighted by atomic mass is 9.88. The van der Waals surface area contributed by atoms with Gasteiger partial charge in [0.2, 0.25) is 0 Å². The Kier molecular flexibility index (Phi) is 3.85. The van der Waals surface area contributed by atoms with Gasteiger partial charge in [0.05, 0.1) is 5.56 Å². The van der Waals surface area contributed by atoms with E-state index in [0.717, 1.165) is 35.6 Å². The molecule has 1 amide bonds. The standard InChI is InChI=1S/C18H21NOS/c1-11-5-7-16(13(3)8-11)19-18(20)15-10-21-17-9-12(2)4-6-14(15)17/h5,7-8,10,12H,4,6,9H2,1-3H3,(H,19,20). The van der Waals surface area contributed by atoms with E-state index in [2.05, 4.69) is 25.2 Å². The Balaban J connectivity index is 1.83. The van der Waals surface area contributed by atoms with Gasteiger partial charge in [0, 0.05) is 15.9 Å². The summed E-state index contributed by atoms with van der Waals surface area (Å²) in [6.07, 6.45) is 3.35. The predicted octanol–water partition coefficient (Wildman–Crippen LogP) is 4.74. The molecule has 0 saturated carbocycles. The van der Waals surface area contributed by atoms with Gasteiger partial charge >= 0.3 is 0 Å². The summed E-state index contributed by atoms with van der Waals surface area (Å²) in [6, 6.07) is 6.12. The second-order valence-electron chi connectivity index (χ2n) is 6.17. The van der Waals surface area contributed by atoms with Crippen LogP contribution in [-0.2, 0) is 12.8 Å². The van der Waals surface area contributed by atoms with Crippen LogP contribution in [0.1, 0.15) is 45.3 Å². The van der Waals surface area contributed by atoms with E-state index in [1.165, 1.54) is 22.4 Å². The molecule has 2 aromatic rings. The number of benzene rings is 1. The topological polar surface area (TPSA) is 29.1 Å². The summed E-state index contributed by atoms with van der Waals surface area (Å²) >= 11 is 1.74. The van der Waals surface area contributed by atoms with Crippen molar-refractivity contribution in [1.82, 2.24) is 0 Å². The van der Waals surface area contributed by atoms with E-state index in [1.54, 1.807) is 11.3 Å². The number of thiophene rings is 1. The summed E-state index contributed by atoms with van der Waals surface area (Å²) in [4.78, 5) is 14.0.